The Morgan fingerprint density at radius 1 is 1.21 bits per heavy atom. The molecule has 0 aromatic carbocycles. The predicted molar refractivity (Wildman–Crippen MR) is 129 cm³/mol. The molecule has 4 unspecified atom stereocenters. The van der Waals surface area contributed by atoms with Crippen LogP contribution in [-0.4, -0.2) is 35.7 Å². The van der Waals surface area contributed by atoms with Crippen LogP contribution in [0.25, 0.3) is 23.4 Å². The summed E-state index contributed by atoms with van der Waals surface area (Å²) in [5.41, 5.74) is 6.42. The molecule has 3 aliphatic carbocycles. The van der Waals surface area contributed by atoms with E-state index < -0.39 is 11.7 Å². The lowest BCUT2D eigenvalue weighted by Crippen LogP contribution is -2.39. The summed E-state index contributed by atoms with van der Waals surface area (Å²) in [4.78, 5) is 16.0. The van der Waals surface area contributed by atoms with Crippen LogP contribution in [-0.2, 0) is 4.79 Å². The molecule has 4 N–H and O–H groups in total. The number of alkyl halides is 3. The predicted octanol–water partition coefficient (Wildman–Crippen LogP) is 4.53. The smallest absolute Gasteiger partial charge is 0.382 e. The summed E-state index contributed by atoms with van der Waals surface area (Å²) < 4.78 is 40.7. The number of carbonyl (C=O) groups is 1. The number of aromatic nitrogens is 1. The van der Waals surface area contributed by atoms with Crippen molar-refractivity contribution in [1.29, 1.82) is 0 Å². The minimum absolute atomic E-state index is 0.00500. The van der Waals surface area contributed by atoms with Gasteiger partial charge in [0.15, 0.2) is 0 Å². The average molecular weight is 473 g/mol. The van der Waals surface area contributed by atoms with E-state index in [4.69, 9.17) is 5.73 Å². The summed E-state index contributed by atoms with van der Waals surface area (Å²) in [7, 11) is 0. The normalized spacial score (nSPS) is 26.0. The van der Waals surface area contributed by atoms with Gasteiger partial charge in [-0.05, 0) is 56.1 Å². The van der Waals surface area contributed by atoms with Gasteiger partial charge < -0.3 is 16.4 Å². The molecule has 4 atom stereocenters. The van der Waals surface area contributed by atoms with E-state index in [9.17, 15) is 18.0 Å². The maximum absolute atomic E-state index is 13.6. The highest BCUT2D eigenvalue weighted by atomic mass is 19.4. The Hall–Kier alpha value is -2.87. The number of pyridine rings is 1. The first kappa shape index (κ1) is 24.3. The molecule has 2 bridgehead atoms. The number of nitrogens with one attached hydrogen (secondary N) is 2. The van der Waals surface area contributed by atoms with Crippen molar-refractivity contribution in [1.82, 2.24) is 15.6 Å². The number of carbonyl (C=O) groups excluding carboxylic acids is 1. The molecule has 1 heterocycles. The second-order valence-corrected chi connectivity index (χ2v) is 9.58. The number of allylic oxidation sites excluding steroid dienone is 1. The standard InChI is InChI=1S/C26H31F3N4O/c1-4-20-21(15(3)32-23-12-17-10-18(23)11-22(17)30)13-19(33-24(20)14(2)26(27,28)29)6-5-9-31-25(34)16-7-8-16/h4-6,13,16-18,22-23,32H,1-3,7-12,30H2,(H,31,34)/b6-5+. The third-order valence-electron chi connectivity index (χ3n) is 7.14. The van der Waals surface area contributed by atoms with Crippen molar-refractivity contribution >= 4 is 29.3 Å². The van der Waals surface area contributed by atoms with Gasteiger partial charge >= 0.3 is 6.18 Å². The Morgan fingerprint density at radius 3 is 2.50 bits per heavy atom. The Labute approximate surface area is 198 Å². The van der Waals surface area contributed by atoms with E-state index in [0.717, 1.165) is 32.1 Å². The van der Waals surface area contributed by atoms with E-state index in [1.54, 1.807) is 18.2 Å². The van der Waals surface area contributed by atoms with Crippen molar-refractivity contribution in [2.45, 2.75) is 50.4 Å². The second kappa shape index (κ2) is 9.41. The molecular weight excluding hydrogens is 441 g/mol. The highest BCUT2D eigenvalue weighted by molar-refractivity contribution is 5.82. The number of rotatable bonds is 9. The Kier molecular flexibility index (Phi) is 6.71. The molecule has 8 heteroatoms. The fourth-order valence-corrected chi connectivity index (χ4v) is 5.11. The quantitative estimate of drug-likeness (QED) is 0.494. The van der Waals surface area contributed by atoms with Crippen LogP contribution >= 0.6 is 0 Å². The number of nitrogens with zero attached hydrogens (tertiary/aromatic N) is 1. The average Bonchev–Trinajstić information content (AvgIpc) is 3.49. The first-order valence-electron chi connectivity index (χ1n) is 11.7. The molecule has 0 saturated heterocycles. The lowest BCUT2D eigenvalue weighted by atomic mass is 9.91. The molecule has 1 aromatic rings. The number of hydrogen-bond acceptors (Lipinski definition) is 4. The van der Waals surface area contributed by atoms with Crippen LogP contribution in [0.15, 0.2) is 31.9 Å². The summed E-state index contributed by atoms with van der Waals surface area (Å²) in [6.07, 6.45) is 4.72. The Bertz CT molecular complexity index is 1040. The van der Waals surface area contributed by atoms with Crippen LogP contribution in [0.3, 0.4) is 0 Å². The molecule has 0 aliphatic heterocycles. The highest BCUT2D eigenvalue weighted by Gasteiger charge is 2.44. The molecule has 0 spiro atoms. The molecular formula is C26H31F3N4O. The van der Waals surface area contributed by atoms with Crippen LogP contribution in [0, 0.1) is 17.8 Å². The molecule has 1 aromatic heterocycles. The fraction of sp³-hybridized carbons (Fsp3) is 0.462. The van der Waals surface area contributed by atoms with Gasteiger partial charge in [-0.1, -0.05) is 31.9 Å². The summed E-state index contributed by atoms with van der Waals surface area (Å²) >= 11 is 0. The van der Waals surface area contributed by atoms with Crippen molar-refractivity contribution < 1.29 is 18.0 Å². The van der Waals surface area contributed by atoms with Gasteiger partial charge in [0.2, 0.25) is 5.91 Å². The largest absolute Gasteiger partial charge is 0.417 e. The molecule has 0 radical (unpaired) electrons. The minimum Gasteiger partial charge on any atom is -0.382 e. The summed E-state index contributed by atoms with van der Waals surface area (Å²) in [5.74, 6) is 0.984. The summed E-state index contributed by atoms with van der Waals surface area (Å²) in [5, 5.41) is 6.23. The van der Waals surface area contributed by atoms with Gasteiger partial charge in [0.1, 0.15) is 0 Å². The van der Waals surface area contributed by atoms with Crippen molar-refractivity contribution in [3.05, 3.63) is 54.4 Å². The third-order valence-corrected chi connectivity index (χ3v) is 7.14. The van der Waals surface area contributed by atoms with Crippen molar-refractivity contribution in [2.75, 3.05) is 6.54 Å². The van der Waals surface area contributed by atoms with Crippen molar-refractivity contribution in [2.24, 2.45) is 23.5 Å². The molecule has 34 heavy (non-hydrogen) atoms. The van der Waals surface area contributed by atoms with Crippen LogP contribution in [0.2, 0.25) is 0 Å². The topological polar surface area (TPSA) is 80.0 Å². The van der Waals surface area contributed by atoms with Gasteiger partial charge in [-0.3, -0.25) is 4.79 Å². The molecule has 3 fully saturated rings. The molecule has 1 amide bonds. The van der Waals surface area contributed by atoms with Crippen molar-refractivity contribution in [3.8, 4) is 0 Å². The van der Waals surface area contributed by atoms with Crippen molar-refractivity contribution in [3.63, 3.8) is 0 Å². The minimum atomic E-state index is -4.64. The van der Waals surface area contributed by atoms with E-state index in [1.165, 1.54) is 6.08 Å². The zero-order chi connectivity index (χ0) is 24.6. The van der Waals surface area contributed by atoms with Gasteiger partial charge in [-0.25, -0.2) is 4.98 Å². The van der Waals surface area contributed by atoms with Crippen LogP contribution in [0.5, 0.6) is 0 Å². The van der Waals surface area contributed by atoms with Gasteiger partial charge in [0.25, 0.3) is 0 Å². The molecule has 4 rings (SSSR count). The summed E-state index contributed by atoms with van der Waals surface area (Å²) in [6.45, 7) is 11.4. The number of hydrogen-bond donors (Lipinski definition) is 3. The number of amides is 1. The molecule has 182 valence electrons. The maximum atomic E-state index is 13.6. The Balaban J connectivity index is 1.59. The van der Waals surface area contributed by atoms with E-state index in [2.05, 4.69) is 35.4 Å². The molecule has 5 nitrogen and oxygen atoms in total. The molecule has 3 aliphatic rings. The van der Waals surface area contributed by atoms with E-state index >= 15 is 0 Å². The monoisotopic (exact) mass is 472 g/mol. The lowest BCUT2D eigenvalue weighted by molar-refractivity contribution is -0.122. The van der Waals surface area contributed by atoms with Crippen LogP contribution in [0.1, 0.15) is 54.6 Å². The van der Waals surface area contributed by atoms with Gasteiger partial charge in [-0.2, -0.15) is 13.2 Å². The summed E-state index contributed by atoms with van der Waals surface area (Å²) in [6, 6.07) is 2.10. The lowest BCUT2D eigenvalue weighted by Gasteiger charge is -2.29. The van der Waals surface area contributed by atoms with Crippen LogP contribution in [0.4, 0.5) is 13.2 Å². The van der Waals surface area contributed by atoms with Gasteiger partial charge in [0.05, 0.1) is 17.0 Å². The fourth-order valence-electron chi connectivity index (χ4n) is 5.11. The maximum Gasteiger partial charge on any atom is 0.417 e. The van der Waals surface area contributed by atoms with Gasteiger partial charge in [-0.15, -0.1) is 0 Å². The zero-order valence-corrected chi connectivity index (χ0v) is 19.1. The third kappa shape index (κ3) is 5.12. The SMILES string of the molecule is C=Cc1c(C(=C)NC2CC3CC2CC3N)cc(/C=C/CNC(=O)C2CC2)nc1C(=C)C(F)(F)F. The molecule has 3 saturated carbocycles. The van der Waals surface area contributed by atoms with E-state index in [0.29, 0.717) is 28.8 Å². The highest BCUT2D eigenvalue weighted by Crippen LogP contribution is 2.44. The Morgan fingerprint density at radius 2 is 1.94 bits per heavy atom. The first-order chi connectivity index (χ1) is 16.1. The van der Waals surface area contributed by atoms with Gasteiger partial charge in [0, 0.05) is 41.4 Å². The zero-order valence-electron chi connectivity index (χ0n) is 19.1. The number of halogens is 3. The van der Waals surface area contributed by atoms with Crippen LogP contribution < -0.4 is 16.4 Å². The van der Waals surface area contributed by atoms with E-state index in [-0.39, 0.29) is 41.7 Å². The number of fused-ring (bicyclic) bond motifs is 2. The van der Waals surface area contributed by atoms with E-state index in [1.807, 2.05) is 0 Å². The number of nitrogens with two attached hydrogens (primary N) is 1. The second-order valence-electron chi connectivity index (χ2n) is 9.58. The first-order valence-corrected chi connectivity index (χ1v) is 11.7.